The Labute approximate surface area is 144 Å². The molecule has 0 radical (unpaired) electrons. The number of halogens is 1. The van der Waals surface area contributed by atoms with Gasteiger partial charge in [0.25, 0.3) is 0 Å². The molecule has 1 fully saturated rings. The Morgan fingerprint density at radius 1 is 1.21 bits per heavy atom. The topological polar surface area (TPSA) is 62.0 Å². The number of para-hydroxylation sites is 1. The highest BCUT2D eigenvalue weighted by molar-refractivity contribution is 7.80. The van der Waals surface area contributed by atoms with Gasteiger partial charge in [0.05, 0.1) is 25.1 Å². The number of hydrogen-bond acceptors (Lipinski definition) is 5. The van der Waals surface area contributed by atoms with Crippen LogP contribution in [0.15, 0.2) is 45.9 Å². The molecule has 6 nitrogen and oxygen atoms in total. The average Bonchev–Trinajstić information content (AvgIpc) is 3.07. The van der Waals surface area contributed by atoms with Gasteiger partial charge in [-0.3, -0.25) is 5.43 Å². The van der Waals surface area contributed by atoms with E-state index in [0.717, 1.165) is 19.0 Å². The maximum Gasteiger partial charge on any atom is 0.196 e. The van der Waals surface area contributed by atoms with E-state index in [2.05, 4.69) is 20.7 Å². The van der Waals surface area contributed by atoms with Crippen molar-refractivity contribution in [2.75, 3.05) is 36.5 Å². The molecule has 1 aromatic heterocycles. The quantitative estimate of drug-likeness (QED) is 0.503. The average molecular weight is 348 g/mol. The summed E-state index contributed by atoms with van der Waals surface area (Å²) in [5.41, 5.74) is 2.91. The summed E-state index contributed by atoms with van der Waals surface area (Å²) in [4.78, 5) is 2.11. The first-order valence-electron chi connectivity index (χ1n) is 7.49. The Morgan fingerprint density at radius 3 is 2.79 bits per heavy atom. The number of rotatable bonds is 4. The van der Waals surface area contributed by atoms with Crippen LogP contribution in [0, 0.1) is 5.82 Å². The molecule has 0 amide bonds. The molecule has 1 aromatic carbocycles. The third kappa shape index (κ3) is 4.30. The van der Waals surface area contributed by atoms with Crippen LogP contribution in [0.2, 0.25) is 0 Å². The van der Waals surface area contributed by atoms with E-state index in [-0.39, 0.29) is 16.6 Å². The molecule has 126 valence electrons. The number of hydrogen-bond donors (Lipinski definition) is 2. The second-order valence-electron chi connectivity index (χ2n) is 5.08. The third-order valence-electron chi connectivity index (χ3n) is 3.42. The summed E-state index contributed by atoms with van der Waals surface area (Å²) >= 11 is 5.06. The van der Waals surface area contributed by atoms with Gasteiger partial charge in [-0.15, -0.1) is 0 Å². The molecular formula is C16H17FN4O2S. The zero-order valence-electron chi connectivity index (χ0n) is 12.9. The highest BCUT2D eigenvalue weighted by atomic mass is 32.1. The van der Waals surface area contributed by atoms with E-state index in [9.17, 15) is 4.39 Å². The molecule has 0 spiro atoms. The number of nitrogens with zero attached hydrogens (tertiary/aromatic N) is 2. The molecule has 0 saturated carbocycles. The van der Waals surface area contributed by atoms with Crippen LogP contribution in [-0.4, -0.2) is 37.6 Å². The minimum absolute atomic E-state index is 0.191. The van der Waals surface area contributed by atoms with Gasteiger partial charge in [-0.1, -0.05) is 12.1 Å². The lowest BCUT2D eigenvalue weighted by atomic mass is 10.3. The van der Waals surface area contributed by atoms with Crippen molar-refractivity contribution in [2.45, 2.75) is 0 Å². The Kier molecular flexibility index (Phi) is 5.39. The van der Waals surface area contributed by atoms with Gasteiger partial charge in [0.15, 0.2) is 11.0 Å². The van der Waals surface area contributed by atoms with Crippen LogP contribution in [0.5, 0.6) is 0 Å². The lowest BCUT2D eigenvalue weighted by Gasteiger charge is -2.26. The van der Waals surface area contributed by atoms with Crippen LogP contribution in [-0.2, 0) is 4.74 Å². The van der Waals surface area contributed by atoms with E-state index < -0.39 is 0 Å². The van der Waals surface area contributed by atoms with E-state index in [1.165, 1.54) is 12.3 Å². The van der Waals surface area contributed by atoms with Gasteiger partial charge >= 0.3 is 0 Å². The summed E-state index contributed by atoms with van der Waals surface area (Å²) in [5.74, 6) is 0.997. The van der Waals surface area contributed by atoms with Crippen molar-refractivity contribution in [3.8, 4) is 0 Å². The number of hydrazone groups is 1. The monoisotopic (exact) mass is 348 g/mol. The first kappa shape index (κ1) is 16.4. The van der Waals surface area contributed by atoms with Crippen molar-refractivity contribution in [1.82, 2.24) is 5.43 Å². The van der Waals surface area contributed by atoms with Crippen LogP contribution < -0.4 is 15.6 Å². The minimum atomic E-state index is -0.383. The molecule has 0 atom stereocenters. The molecule has 0 unspecified atom stereocenters. The van der Waals surface area contributed by atoms with Gasteiger partial charge in [0.2, 0.25) is 0 Å². The van der Waals surface area contributed by atoms with Gasteiger partial charge in [-0.25, -0.2) is 4.39 Å². The summed E-state index contributed by atoms with van der Waals surface area (Å²) < 4.78 is 24.5. The SMILES string of the molecule is Fc1ccccc1NC(=S)N/N=C\c1ccc(N2CCOCC2)o1. The second kappa shape index (κ2) is 7.89. The van der Waals surface area contributed by atoms with E-state index >= 15 is 0 Å². The fraction of sp³-hybridized carbons (Fsp3) is 0.250. The highest BCUT2D eigenvalue weighted by Gasteiger charge is 2.14. The summed E-state index contributed by atoms with van der Waals surface area (Å²) in [5, 5.41) is 6.91. The van der Waals surface area contributed by atoms with Gasteiger partial charge in [0, 0.05) is 19.2 Å². The normalized spacial score (nSPS) is 14.8. The van der Waals surface area contributed by atoms with Crippen molar-refractivity contribution in [2.24, 2.45) is 5.10 Å². The molecule has 1 aliphatic rings. The standard InChI is InChI=1S/C16H17FN4O2S/c17-13-3-1-2-4-14(13)19-16(24)20-18-11-12-5-6-15(23-12)21-7-9-22-10-8-21/h1-6,11H,7-10H2,(H2,19,20,24)/b18-11-. The molecule has 0 bridgehead atoms. The first-order chi connectivity index (χ1) is 11.7. The van der Waals surface area contributed by atoms with Crippen LogP contribution in [0.4, 0.5) is 16.0 Å². The molecule has 1 aliphatic heterocycles. The summed E-state index contributed by atoms with van der Waals surface area (Å²) in [6.07, 6.45) is 1.51. The molecule has 3 rings (SSSR count). The predicted octanol–water partition coefficient (Wildman–Crippen LogP) is 2.58. The third-order valence-corrected chi connectivity index (χ3v) is 3.61. The summed E-state index contributed by atoms with van der Waals surface area (Å²) in [6, 6.07) is 9.98. The molecule has 0 aliphatic carbocycles. The van der Waals surface area contributed by atoms with Crippen molar-refractivity contribution in [3.05, 3.63) is 48.0 Å². The molecule has 2 heterocycles. The van der Waals surface area contributed by atoms with Crippen molar-refractivity contribution in [3.63, 3.8) is 0 Å². The fourth-order valence-electron chi connectivity index (χ4n) is 2.23. The Morgan fingerprint density at radius 2 is 2.00 bits per heavy atom. The maximum absolute atomic E-state index is 13.5. The van der Waals surface area contributed by atoms with Crippen LogP contribution >= 0.6 is 12.2 Å². The van der Waals surface area contributed by atoms with E-state index in [0.29, 0.717) is 19.0 Å². The molecule has 2 N–H and O–H groups in total. The second-order valence-corrected chi connectivity index (χ2v) is 5.49. The van der Waals surface area contributed by atoms with Crippen LogP contribution in [0.1, 0.15) is 5.76 Å². The molecular weight excluding hydrogens is 331 g/mol. The van der Waals surface area contributed by atoms with Crippen molar-refractivity contribution in [1.29, 1.82) is 0 Å². The number of ether oxygens (including phenoxy) is 1. The van der Waals surface area contributed by atoms with Crippen molar-refractivity contribution >= 4 is 35.1 Å². The number of morpholine rings is 1. The number of thiocarbonyl (C=S) groups is 1. The summed E-state index contributed by atoms with van der Waals surface area (Å²) in [6.45, 7) is 3.00. The Hall–Kier alpha value is -2.45. The zero-order chi connectivity index (χ0) is 16.8. The molecule has 2 aromatic rings. The lowest BCUT2D eigenvalue weighted by molar-refractivity contribution is 0.120. The fourth-order valence-corrected chi connectivity index (χ4v) is 2.40. The number of nitrogens with one attached hydrogen (secondary N) is 2. The number of anilines is 2. The molecule has 1 saturated heterocycles. The highest BCUT2D eigenvalue weighted by Crippen LogP contribution is 2.18. The van der Waals surface area contributed by atoms with Crippen molar-refractivity contribution < 1.29 is 13.5 Å². The van der Waals surface area contributed by atoms with E-state index in [4.69, 9.17) is 21.4 Å². The van der Waals surface area contributed by atoms with E-state index in [1.807, 2.05) is 12.1 Å². The number of benzene rings is 1. The maximum atomic E-state index is 13.5. The zero-order valence-corrected chi connectivity index (χ0v) is 13.7. The first-order valence-corrected chi connectivity index (χ1v) is 7.90. The van der Waals surface area contributed by atoms with E-state index in [1.54, 1.807) is 18.2 Å². The predicted molar refractivity (Wildman–Crippen MR) is 95.1 cm³/mol. The summed E-state index contributed by atoms with van der Waals surface area (Å²) in [7, 11) is 0. The van der Waals surface area contributed by atoms with Gasteiger partial charge in [0.1, 0.15) is 11.6 Å². The van der Waals surface area contributed by atoms with Gasteiger partial charge < -0.3 is 19.4 Å². The smallest absolute Gasteiger partial charge is 0.196 e. The van der Waals surface area contributed by atoms with Gasteiger partial charge in [-0.05, 0) is 30.4 Å². The lowest BCUT2D eigenvalue weighted by Crippen LogP contribution is -2.35. The minimum Gasteiger partial charge on any atom is -0.440 e. The van der Waals surface area contributed by atoms with Gasteiger partial charge in [-0.2, -0.15) is 5.10 Å². The Bertz CT molecular complexity index is 728. The Balaban J connectivity index is 1.52. The number of furan rings is 1. The molecule has 8 heteroatoms. The molecule has 24 heavy (non-hydrogen) atoms. The van der Waals surface area contributed by atoms with Crippen LogP contribution in [0.3, 0.4) is 0 Å². The van der Waals surface area contributed by atoms with Crippen LogP contribution in [0.25, 0.3) is 0 Å². The largest absolute Gasteiger partial charge is 0.440 e.